The van der Waals surface area contributed by atoms with Crippen molar-refractivity contribution in [2.75, 3.05) is 12.3 Å². The average molecular weight is 274 g/mol. The summed E-state index contributed by atoms with van der Waals surface area (Å²) in [5.41, 5.74) is 6.00. The van der Waals surface area contributed by atoms with Gasteiger partial charge in [-0.25, -0.2) is 0 Å². The maximum absolute atomic E-state index is 12.2. The second kappa shape index (κ2) is 4.99. The fourth-order valence-electron chi connectivity index (χ4n) is 2.09. The van der Waals surface area contributed by atoms with Gasteiger partial charge in [0.1, 0.15) is 0 Å². The molecule has 0 spiro atoms. The van der Waals surface area contributed by atoms with E-state index in [9.17, 15) is 18.0 Å². The average Bonchev–Trinajstić information content (AvgIpc) is 2.30. The zero-order chi connectivity index (χ0) is 14.0. The van der Waals surface area contributed by atoms with E-state index in [2.05, 4.69) is 10.1 Å². The summed E-state index contributed by atoms with van der Waals surface area (Å²) in [6, 6.07) is 4.25. The highest BCUT2D eigenvalue weighted by Gasteiger charge is 2.32. The Labute approximate surface area is 107 Å². The quantitative estimate of drug-likeness (QED) is 0.812. The molecule has 0 unspecified atom stereocenters. The fraction of sp³-hybridized carbons (Fsp3) is 0.417. The lowest BCUT2D eigenvalue weighted by atomic mass is 9.89. The number of carbonyl (C=O) groups excluding carboxylic acids is 1. The second-order valence-electron chi connectivity index (χ2n) is 4.38. The Kier molecular flexibility index (Phi) is 3.55. The van der Waals surface area contributed by atoms with Gasteiger partial charge in [0.15, 0.2) is 5.75 Å². The molecule has 0 radical (unpaired) electrons. The first-order valence-corrected chi connectivity index (χ1v) is 5.77. The number of piperidine rings is 1. The van der Waals surface area contributed by atoms with Crippen LogP contribution >= 0.6 is 0 Å². The minimum Gasteiger partial charge on any atom is -0.404 e. The van der Waals surface area contributed by atoms with Gasteiger partial charge in [0.2, 0.25) is 5.91 Å². The number of hydrogen-bond acceptors (Lipinski definition) is 3. The lowest BCUT2D eigenvalue weighted by Crippen LogP contribution is -2.32. The summed E-state index contributed by atoms with van der Waals surface area (Å²) in [5.74, 6) is -0.632. The van der Waals surface area contributed by atoms with Crippen molar-refractivity contribution >= 4 is 11.6 Å². The van der Waals surface area contributed by atoms with Gasteiger partial charge in [-0.2, -0.15) is 0 Å². The molecule has 0 bridgehead atoms. The molecule has 2 rings (SSSR count). The summed E-state index contributed by atoms with van der Waals surface area (Å²) in [4.78, 5) is 11.3. The minimum atomic E-state index is -4.78. The lowest BCUT2D eigenvalue weighted by Gasteiger charge is -2.23. The Morgan fingerprint density at radius 2 is 2.11 bits per heavy atom. The predicted octanol–water partition coefficient (Wildman–Crippen LogP) is 2.16. The van der Waals surface area contributed by atoms with E-state index in [0.29, 0.717) is 18.5 Å². The van der Waals surface area contributed by atoms with Gasteiger partial charge >= 0.3 is 6.36 Å². The molecule has 1 heterocycles. The van der Waals surface area contributed by atoms with Gasteiger partial charge in [-0.1, -0.05) is 6.07 Å². The molecule has 1 aromatic carbocycles. The summed E-state index contributed by atoms with van der Waals surface area (Å²) in [6.45, 7) is 0.517. The standard InChI is InChI=1S/C12H13F3N2O2/c13-12(14,15)19-10-5-7(1-2-9(10)16)8-3-4-17-11(18)6-8/h1-2,5,8H,3-4,6,16H2,(H,17,18)/t8-/m0/s1. The number of nitrogens with two attached hydrogens (primary N) is 1. The van der Waals surface area contributed by atoms with E-state index in [1.165, 1.54) is 12.1 Å². The molecule has 1 atom stereocenters. The molecule has 0 aliphatic carbocycles. The summed E-state index contributed by atoms with van der Waals surface area (Å²) in [7, 11) is 0. The van der Waals surface area contributed by atoms with E-state index in [0.717, 1.165) is 0 Å². The summed E-state index contributed by atoms with van der Waals surface area (Å²) in [5, 5.41) is 2.67. The smallest absolute Gasteiger partial charge is 0.404 e. The van der Waals surface area contributed by atoms with Crippen molar-refractivity contribution in [3.05, 3.63) is 23.8 Å². The Balaban J connectivity index is 2.22. The third-order valence-electron chi connectivity index (χ3n) is 2.98. The molecular weight excluding hydrogens is 261 g/mol. The highest BCUT2D eigenvalue weighted by molar-refractivity contribution is 5.77. The van der Waals surface area contributed by atoms with E-state index in [4.69, 9.17) is 5.73 Å². The number of benzene rings is 1. The molecule has 1 saturated heterocycles. The van der Waals surface area contributed by atoms with Crippen LogP contribution in [0.25, 0.3) is 0 Å². The highest BCUT2D eigenvalue weighted by Crippen LogP contribution is 2.34. The number of nitrogens with one attached hydrogen (secondary N) is 1. The van der Waals surface area contributed by atoms with Crippen LogP contribution < -0.4 is 15.8 Å². The molecule has 1 aliphatic heterocycles. The second-order valence-corrected chi connectivity index (χ2v) is 4.38. The van der Waals surface area contributed by atoms with Crippen molar-refractivity contribution in [1.29, 1.82) is 0 Å². The van der Waals surface area contributed by atoms with Crippen molar-refractivity contribution in [2.45, 2.75) is 25.1 Å². The zero-order valence-electron chi connectivity index (χ0n) is 9.96. The van der Waals surface area contributed by atoms with Gasteiger partial charge in [0, 0.05) is 13.0 Å². The SMILES string of the molecule is Nc1ccc([C@H]2CCNC(=O)C2)cc1OC(F)(F)F. The largest absolute Gasteiger partial charge is 0.573 e. The van der Waals surface area contributed by atoms with E-state index in [1.807, 2.05) is 0 Å². The Morgan fingerprint density at radius 3 is 2.74 bits per heavy atom. The van der Waals surface area contributed by atoms with Gasteiger partial charge in [0.25, 0.3) is 0 Å². The van der Waals surface area contributed by atoms with E-state index in [-0.39, 0.29) is 23.9 Å². The van der Waals surface area contributed by atoms with Crippen LogP contribution in [-0.4, -0.2) is 18.8 Å². The number of hydrogen-bond donors (Lipinski definition) is 2. The molecule has 7 heteroatoms. The highest BCUT2D eigenvalue weighted by atomic mass is 19.4. The molecule has 3 N–H and O–H groups in total. The molecule has 0 aromatic heterocycles. The van der Waals surface area contributed by atoms with Crippen LogP contribution in [0.1, 0.15) is 24.3 Å². The van der Waals surface area contributed by atoms with E-state index < -0.39 is 12.1 Å². The van der Waals surface area contributed by atoms with Gasteiger partial charge in [-0.05, 0) is 30.0 Å². The molecule has 1 fully saturated rings. The van der Waals surface area contributed by atoms with Crippen LogP contribution in [0.15, 0.2) is 18.2 Å². The van der Waals surface area contributed by atoms with Gasteiger partial charge in [0.05, 0.1) is 5.69 Å². The van der Waals surface area contributed by atoms with Crippen LogP contribution in [0.3, 0.4) is 0 Å². The zero-order valence-corrected chi connectivity index (χ0v) is 9.96. The number of amides is 1. The van der Waals surface area contributed by atoms with Gasteiger partial charge < -0.3 is 15.8 Å². The van der Waals surface area contributed by atoms with Crippen molar-refractivity contribution in [3.8, 4) is 5.75 Å². The topological polar surface area (TPSA) is 64.3 Å². The number of rotatable bonds is 2. The molecule has 1 aromatic rings. The van der Waals surface area contributed by atoms with Crippen LogP contribution in [0, 0.1) is 0 Å². The molecular formula is C12H13F3N2O2. The number of anilines is 1. The number of halogens is 3. The normalized spacial score (nSPS) is 19.9. The van der Waals surface area contributed by atoms with Gasteiger partial charge in [-0.3, -0.25) is 4.79 Å². The molecule has 0 saturated carbocycles. The maximum atomic E-state index is 12.2. The Bertz CT molecular complexity index is 488. The lowest BCUT2D eigenvalue weighted by molar-refractivity contribution is -0.274. The summed E-state index contributed by atoms with van der Waals surface area (Å²) < 4.78 is 40.5. The molecule has 4 nitrogen and oxygen atoms in total. The minimum absolute atomic E-state index is 0.0821. The number of carbonyl (C=O) groups is 1. The predicted molar refractivity (Wildman–Crippen MR) is 62.5 cm³/mol. The van der Waals surface area contributed by atoms with Crippen molar-refractivity contribution < 1.29 is 22.7 Å². The number of ether oxygens (including phenoxy) is 1. The van der Waals surface area contributed by atoms with E-state index in [1.54, 1.807) is 6.07 Å². The summed E-state index contributed by atoms with van der Waals surface area (Å²) in [6.07, 6.45) is -3.84. The monoisotopic (exact) mass is 274 g/mol. The molecule has 1 amide bonds. The molecule has 104 valence electrons. The molecule has 1 aliphatic rings. The number of nitrogen functional groups attached to an aromatic ring is 1. The van der Waals surface area contributed by atoms with Crippen molar-refractivity contribution in [3.63, 3.8) is 0 Å². The van der Waals surface area contributed by atoms with Gasteiger partial charge in [-0.15, -0.1) is 13.2 Å². The first-order valence-electron chi connectivity index (χ1n) is 5.77. The Morgan fingerprint density at radius 1 is 1.37 bits per heavy atom. The van der Waals surface area contributed by atoms with Crippen molar-refractivity contribution in [1.82, 2.24) is 5.32 Å². The first kappa shape index (κ1) is 13.5. The molecule has 19 heavy (non-hydrogen) atoms. The van der Waals surface area contributed by atoms with Crippen molar-refractivity contribution in [2.24, 2.45) is 0 Å². The van der Waals surface area contributed by atoms with E-state index >= 15 is 0 Å². The third-order valence-corrected chi connectivity index (χ3v) is 2.98. The third kappa shape index (κ3) is 3.52. The van der Waals surface area contributed by atoms with Crippen LogP contribution in [0.2, 0.25) is 0 Å². The van der Waals surface area contributed by atoms with Crippen LogP contribution in [0.4, 0.5) is 18.9 Å². The summed E-state index contributed by atoms with van der Waals surface area (Å²) >= 11 is 0. The maximum Gasteiger partial charge on any atom is 0.573 e. The van der Waals surface area contributed by atoms with Crippen LogP contribution in [-0.2, 0) is 4.79 Å². The Hall–Kier alpha value is -1.92. The fourth-order valence-corrected chi connectivity index (χ4v) is 2.09. The number of alkyl halides is 3. The van der Waals surface area contributed by atoms with Crippen LogP contribution in [0.5, 0.6) is 5.75 Å². The first-order chi connectivity index (χ1) is 8.85.